The monoisotopic (exact) mass is 312 g/mol. The van der Waals surface area contributed by atoms with E-state index in [0.717, 1.165) is 33.0 Å². The van der Waals surface area contributed by atoms with E-state index in [1.54, 1.807) is 11.3 Å². The van der Waals surface area contributed by atoms with Crippen LogP contribution in [0.3, 0.4) is 0 Å². The van der Waals surface area contributed by atoms with Crippen LogP contribution in [0.5, 0.6) is 0 Å². The number of rotatable bonds is 2. The first-order valence-electron chi connectivity index (χ1n) is 7.40. The van der Waals surface area contributed by atoms with Crippen molar-refractivity contribution in [1.29, 1.82) is 0 Å². The summed E-state index contributed by atoms with van der Waals surface area (Å²) in [6.45, 7) is 4.91. The summed E-state index contributed by atoms with van der Waals surface area (Å²) >= 11 is 1.67. The lowest BCUT2D eigenvalue weighted by Crippen LogP contribution is -2.23. The van der Waals surface area contributed by atoms with Crippen LogP contribution in [0.4, 0.5) is 5.82 Å². The van der Waals surface area contributed by atoms with Gasteiger partial charge in [0.2, 0.25) is 5.91 Å². The number of carbonyl (C=O) groups excluding carboxylic acids is 1. The Hall–Kier alpha value is -2.21. The van der Waals surface area contributed by atoms with Crippen LogP contribution in [0.1, 0.15) is 35.5 Å². The third kappa shape index (κ3) is 1.94. The summed E-state index contributed by atoms with van der Waals surface area (Å²) in [5.74, 6) is 0.707. The first-order valence-corrected chi connectivity index (χ1v) is 8.21. The highest BCUT2D eigenvalue weighted by Crippen LogP contribution is 2.41. The van der Waals surface area contributed by atoms with Crippen LogP contribution >= 0.6 is 11.3 Å². The van der Waals surface area contributed by atoms with Gasteiger partial charge >= 0.3 is 0 Å². The molecule has 1 unspecified atom stereocenters. The highest BCUT2D eigenvalue weighted by Gasteiger charge is 2.33. The van der Waals surface area contributed by atoms with Gasteiger partial charge in [0.25, 0.3) is 0 Å². The number of thiazole rings is 1. The fourth-order valence-electron chi connectivity index (χ4n) is 3.10. The molecule has 0 fully saturated rings. The van der Waals surface area contributed by atoms with Gasteiger partial charge in [-0.3, -0.25) is 9.48 Å². The molecule has 1 N–H and O–H groups in total. The molecule has 1 aliphatic heterocycles. The van der Waals surface area contributed by atoms with Crippen molar-refractivity contribution in [3.05, 3.63) is 40.5 Å². The minimum Gasteiger partial charge on any atom is -0.309 e. The Labute approximate surface area is 132 Å². The second kappa shape index (κ2) is 4.91. The van der Waals surface area contributed by atoms with Gasteiger partial charge in [-0.2, -0.15) is 5.10 Å². The van der Waals surface area contributed by atoms with Crippen molar-refractivity contribution in [3.63, 3.8) is 0 Å². The zero-order valence-electron chi connectivity index (χ0n) is 12.5. The number of aromatic nitrogens is 3. The third-order valence-electron chi connectivity index (χ3n) is 4.16. The van der Waals surface area contributed by atoms with Crippen LogP contribution in [0.2, 0.25) is 0 Å². The summed E-state index contributed by atoms with van der Waals surface area (Å²) in [5, 5.41) is 8.40. The Morgan fingerprint density at radius 2 is 2.23 bits per heavy atom. The maximum Gasteiger partial charge on any atom is 0.226 e. The van der Waals surface area contributed by atoms with E-state index >= 15 is 0 Å². The van der Waals surface area contributed by atoms with Crippen molar-refractivity contribution in [1.82, 2.24) is 14.8 Å². The van der Waals surface area contributed by atoms with Gasteiger partial charge in [0.15, 0.2) is 5.82 Å². The molecule has 0 aliphatic carbocycles. The van der Waals surface area contributed by atoms with E-state index in [9.17, 15) is 4.79 Å². The lowest BCUT2D eigenvalue weighted by molar-refractivity contribution is -0.116. The van der Waals surface area contributed by atoms with Gasteiger partial charge in [-0.05, 0) is 26.0 Å². The molecule has 0 spiro atoms. The number of carbonyl (C=O) groups is 1. The number of nitrogens with zero attached hydrogens (tertiary/aromatic N) is 3. The Morgan fingerprint density at radius 3 is 3.00 bits per heavy atom. The first kappa shape index (κ1) is 13.5. The van der Waals surface area contributed by atoms with Crippen molar-refractivity contribution >= 4 is 33.3 Å². The number of fused-ring (bicyclic) bond motifs is 2. The van der Waals surface area contributed by atoms with Gasteiger partial charge in [0, 0.05) is 24.2 Å². The summed E-state index contributed by atoms with van der Waals surface area (Å²) in [5.41, 5.74) is 3.22. The maximum absolute atomic E-state index is 12.1. The number of hydrogen-bond acceptors (Lipinski definition) is 4. The van der Waals surface area contributed by atoms with Gasteiger partial charge < -0.3 is 5.32 Å². The molecule has 0 saturated heterocycles. The fourth-order valence-corrected chi connectivity index (χ4v) is 4.18. The van der Waals surface area contributed by atoms with Crippen molar-refractivity contribution in [2.45, 2.75) is 32.7 Å². The van der Waals surface area contributed by atoms with Crippen molar-refractivity contribution in [2.24, 2.45) is 0 Å². The molecule has 1 aliphatic rings. The molecule has 0 saturated carbocycles. The van der Waals surface area contributed by atoms with Gasteiger partial charge in [-0.15, -0.1) is 11.3 Å². The number of amides is 1. The summed E-state index contributed by atoms with van der Waals surface area (Å²) < 4.78 is 3.10. The highest BCUT2D eigenvalue weighted by atomic mass is 32.1. The van der Waals surface area contributed by atoms with Crippen LogP contribution in [0.25, 0.3) is 10.2 Å². The highest BCUT2D eigenvalue weighted by molar-refractivity contribution is 7.18. The molecule has 3 aromatic rings. The van der Waals surface area contributed by atoms with E-state index < -0.39 is 0 Å². The molecule has 0 bridgehead atoms. The molecule has 112 valence electrons. The van der Waals surface area contributed by atoms with E-state index in [-0.39, 0.29) is 11.8 Å². The van der Waals surface area contributed by atoms with E-state index in [1.165, 1.54) is 0 Å². The van der Waals surface area contributed by atoms with Crippen LogP contribution in [-0.4, -0.2) is 20.7 Å². The minimum absolute atomic E-state index is 0.00134. The molecule has 22 heavy (non-hydrogen) atoms. The molecule has 1 atom stereocenters. The molecule has 5 nitrogen and oxygen atoms in total. The number of anilines is 1. The number of aryl methyl sites for hydroxylation is 1. The number of para-hydroxylation sites is 1. The molecule has 4 rings (SSSR count). The summed E-state index contributed by atoms with van der Waals surface area (Å²) in [4.78, 5) is 16.8. The van der Waals surface area contributed by atoms with Crippen molar-refractivity contribution in [3.8, 4) is 0 Å². The van der Waals surface area contributed by atoms with Gasteiger partial charge in [0.1, 0.15) is 5.01 Å². The van der Waals surface area contributed by atoms with E-state index in [4.69, 9.17) is 4.98 Å². The Kier molecular flexibility index (Phi) is 3.00. The summed E-state index contributed by atoms with van der Waals surface area (Å²) in [6, 6.07) is 8.10. The van der Waals surface area contributed by atoms with E-state index in [0.29, 0.717) is 12.2 Å². The Balaban J connectivity index is 1.88. The van der Waals surface area contributed by atoms with Gasteiger partial charge in [0.05, 0.1) is 16.1 Å². The van der Waals surface area contributed by atoms with Gasteiger partial charge in [-0.1, -0.05) is 12.1 Å². The average Bonchev–Trinajstić information content (AvgIpc) is 3.07. The molecule has 1 amide bonds. The Morgan fingerprint density at radius 1 is 1.41 bits per heavy atom. The fraction of sp³-hybridized carbons (Fsp3) is 0.312. The summed E-state index contributed by atoms with van der Waals surface area (Å²) in [7, 11) is 0. The van der Waals surface area contributed by atoms with Crippen LogP contribution in [0.15, 0.2) is 24.3 Å². The molecule has 1 aromatic carbocycles. The second-order valence-corrected chi connectivity index (χ2v) is 6.55. The largest absolute Gasteiger partial charge is 0.309 e. The van der Waals surface area contributed by atoms with Crippen molar-refractivity contribution in [2.75, 3.05) is 5.32 Å². The minimum atomic E-state index is 0.00134. The molecular weight excluding hydrogens is 296 g/mol. The smallest absolute Gasteiger partial charge is 0.226 e. The summed E-state index contributed by atoms with van der Waals surface area (Å²) in [6.07, 6.45) is 0.434. The van der Waals surface area contributed by atoms with Crippen LogP contribution < -0.4 is 5.32 Å². The molecular formula is C16H16N4OS. The maximum atomic E-state index is 12.1. The third-order valence-corrected chi connectivity index (χ3v) is 5.31. The second-order valence-electron chi connectivity index (χ2n) is 5.49. The van der Waals surface area contributed by atoms with Crippen LogP contribution in [-0.2, 0) is 11.3 Å². The quantitative estimate of drug-likeness (QED) is 0.790. The normalized spacial score (nSPS) is 17.5. The van der Waals surface area contributed by atoms with E-state index in [1.807, 2.05) is 22.9 Å². The number of nitrogens with one attached hydrogen (secondary N) is 1. The van der Waals surface area contributed by atoms with Crippen molar-refractivity contribution < 1.29 is 4.79 Å². The molecule has 6 heteroatoms. The number of benzene rings is 1. The topological polar surface area (TPSA) is 59.8 Å². The Bertz CT molecular complexity index is 847. The average molecular weight is 312 g/mol. The number of hydrogen-bond donors (Lipinski definition) is 1. The van der Waals surface area contributed by atoms with E-state index in [2.05, 4.69) is 30.3 Å². The SMILES string of the molecule is CCn1nc2c(c1C)C(c1nc3ccccc3s1)CC(=O)N2. The predicted molar refractivity (Wildman–Crippen MR) is 87.3 cm³/mol. The lowest BCUT2D eigenvalue weighted by Gasteiger charge is -2.20. The van der Waals surface area contributed by atoms with Gasteiger partial charge in [-0.25, -0.2) is 4.98 Å². The molecule has 3 heterocycles. The zero-order valence-corrected chi connectivity index (χ0v) is 13.3. The predicted octanol–water partition coefficient (Wildman–Crippen LogP) is 3.30. The molecule has 2 aromatic heterocycles. The molecule has 0 radical (unpaired) electrons. The zero-order chi connectivity index (χ0) is 15.3. The standard InChI is InChI=1S/C16H16N4OS/c1-3-20-9(2)14-10(8-13(21)18-15(14)19-20)16-17-11-6-4-5-7-12(11)22-16/h4-7,10H,3,8H2,1-2H3,(H,18,19,21). The van der Waals surface area contributed by atoms with Crippen LogP contribution in [0, 0.1) is 6.92 Å². The first-order chi connectivity index (χ1) is 10.7. The lowest BCUT2D eigenvalue weighted by atomic mass is 9.92.